The van der Waals surface area contributed by atoms with Crippen LogP contribution in [0.3, 0.4) is 0 Å². The zero-order valence-corrected chi connectivity index (χ0v) is 14.8. The molecule has 5 heteroatoms. The van der Waals surface area contributed by atoms with E-state index in [0.29, 0.717) is 0 Å². The molecule has 2 heterocycles. The topological polar surface area (TPSA) is 37.8 Å². The zero-order valence-electron chi connectivity index (χ0n) is 13.2. The van der Waals surface area contributed by atoms with Gasteiger partial charge in [0.1, 0.15) is 5.03 Å². The molecule has 0 spiro atoms. The number of benzene rings is 2. The van der Waals surface area contributed by atoms with Crippen LogP contribution in [0.2, 0.25) is 5.02 Å². The number of halogens is 1. The number of aromatic nitrogens is 2. The summed E-state index contributed by atoms with van der Waals surface area (Å²) >= 11 is 7.60. The summed E-state index contributed by atoms with van der Waals surface area (Å²) in [6.45, 7) is 0. The van der Waals surface area contributed by atoms with Gasteiger partial charge in [-0.05, 0) is 36.4 Å². The lowest BCUT2D eigenvalue weighted by Gasteiger charge is -2.12. The van der Waals surface area contributed by atoms with Gasteiger partial charge in [0.15, 0.2) is 0 Å². The van der Waals surface area contributed by atoms with Gasteiger partial charge < -0.3 is 5.32 Å². The molecule has 0 bridgehead atoms. The molecule has 0 saturated carbocycles. The van der Waals surface area contributed by atoms with Crippen LogP contribution < -0.4 is 5.32 Å². The van der Waals surface area contributed by atoms with Crippen LogP contribution in [0.1, 0.15) is 0 Å². The minimum Gasteiger partial charge on any atom is -0.354 e. The fraction of sp³-hybridized carbons (Fsp3) is 0. The van der Waals surface area contributed by atoms with E-state index >= 15 is 0 Å². The molecule has 0 radical (unpaired) electrons. The highest BCUT2D eigenvalue weighted by molar-refractivity contribution is 7.99. The van der Waals surface area contributed by atoms with Gasteiger partial charge in [0, 0.05) is 38.8 Å². The second kappa shape index (κ2) is 7.13. The summed E-state index contributed by atoms with van der Waals surface area (Å²) in [4.78, 5) is 9.85. The van der Waals surface area contributed by atoms with Gasteiger partial charge in [-0.15, -0.1) is 0 Å². The van der Waals surface area contributed by atoms with Gasteiger partial charge in [-0.3, -0.25) is 4.98 Å². The fourth-order valence-corrected chi connectivity index (χ4v) is 3.55. The van der Waals surface area contributed by atoms with Crippen LogP contribution >= 0.6 is 23.4 Å². The van der Waals surface area contributed by atoms with Gasteiger partial charge >= 0.3 is 0 Å². The van der Waals surface area contributed by atoms with E-state index in [4.69, 9.17) is 11.6 Å². The third-order valence-corrected chi connectivity index (χ3v) is 5.02. The summed E-state index contributed by atoms with van der Waals surface area (Å²) in [5.74, 6) is 0. The molecule has 0 saturated heterocycles. The van der Waals surface area contributed by atoms with Gasteiger partial charge in [0.05, 0.1) is 11.9 Å². The highest BCUT2D eigenvalue weighted by Crippen LogP contribution is 2.35. The number of nitrogens with zero attached hydrogens (tertiary/aromatic N) is 2. The number of fused-ring (bicyclic) bond motifs is 1. The van der Waals surface area contributed by atoms with Crippen molar-refractivity contribution in [1.29, 1.82) is 0 Å². The summed E-state index contributed by atoms with van der Waals surface area (Å²) in [5.41, 5.74) is 1.95. The van der Waals surface area contributed by atoms with Crippen molar-refractivity contribution in [2.75, 3.05) is 5.32 Å². The SMILES string of the molecule is Clc1ccc(Nc2cnc(Sc3ccncc3)c3ccccc23)cc1. The molecule has 0 aliphatic heterocycles. The van der Waals surface area contributed by atoms with Crippen LogP contribution in [0.5, 0.6) is 0 Å². The Bertz CT molecular complexity index is 1000. The van der Waals surface area contributed by atoms with Crippen LogP contribution in [-0.4, -0.2) is 9.97 Å². The van der Waals surface area contributed by atoms with Gasteiger partial charge in [-0.2, -0.15) is 0 Å². The first-order valence-electron chi connectivity index (χ1n) is 7.78. The minimum atomic E-state index is 0.720. The number of hydrogen-bond donors (Lipinski definition) is 1. The van der Waals surface area contributed by atoms with Crippen molar-refractivity contribution in [3.05, 3.63) is 84.3 Å². The van der Waals surface area contributed by atoms with E-state index in [1.807, 2.05) is 54.7 Å². The lowest BCUT2D eigenvalue weighted by Crippen LogP contribution is -1.94. The fourth-order valence-electron chi connectivity index (χ4n) is 2.55. The molecule has 0 aliphatic carbocycles. The average molecular weight is 364 g/mol. The number of anilines is 2. The van der Waals surface area contributed by atoms with Crippen molar-refractivity contribution in [2.24, 2.45) is 0 Å². The largest absolute Gasteiger partial charge is 0.354 e. The van der Waals surface area contributed by atoms with Crippen LogP contribution in [0.15, 0.2) is 89.2 Å². The first-order chi connectivity index (χ1) is 12.3. The van der Waals surface area contributed by atoms with Crippen LogP contribution in [0.4, 0.5) is 11.4 Å². The molecule has 4 rings (SSSR count). The standard InChI is InChI=1S/C20H14ClN3S/c21-14-5-7-15(8-6-14)24-19-13-23-20(18-4-2-1-3-17(18)19)25-16-9-11-22-12-10-16/h1-13,24H. The predicted octanol–water partition coefficient (Wildman–Crippen LogP) is 6.18. The van der Waals surface area contributed by atoms with Gasteiger partial charge in [-0.1, -0.05) is 47.6 Å². The Labute approximate surface area is 155 Å². The van der Waals surface area contributed by atoms with Crippen molar-refractivity contribution in [3.63, 3.8) is 0 Å². The average Bonchev–Trinajstić information content (AvgIpc) is 2.66. The molecule has 2 aromatic carbocycles. The van der Waals surface area contributed by atoms with E-state index < -0.39 is 0 Å². The molecular weight excluding hydrogens is 350 g/mol. The zero-order chi connectivity index (χ0) is 17.1. The molecule has 25 heavy (non-hydrogen) atoms. The van der Waals surface area contributed by atoms with E-state index in [1.54, 1.807) is 24.2 Å². The van der Waals surface area contributed by atoms with Gasteiger partial charge in [0.2, 0.25) is 0 Å². The number of nitrogens with one attached hydrogen (secondary N) is 1. The molecule has 0 amide bonds. The van der Waals surface area contributed by atoms with Crippen molar-refractivity contribution >= 4 is 45.5 Å². The van der Waals surface area contributed by atoms with E-state index in [2.05, 4.69) is 27.4 Å². The Morgan fingerprint density at radius 2 is 1.56 bits per heavy atom. The Morgan fingerprint density at radius 3 is 2.32 bits per heavy atom. The van der Waals surface area contributed by atoms with E-state index in [9.17, 15) is 0 Å². The molecule has 3 nitrogen and oxygen atoms in total. The Morgan fingerprint density at radius 1 is 0.840 bits per heavy atom. The third kappa shape index (κ3) is 3.60. The maximum atomic E-state index is 5.96. The first-order valence-corrected chi connectivity index (χ1v) is 8.97. The van der Waals surface area contributed by atoms with E-state index in [-0.39, 0.29) is 0 Å². The van der Waals surface area contributed by atoms with Crippen molar-refractivity contribution < 1.29 is 0 Å². The predicted molar refractivity (Wildman–Crippen MR) is 105 cm³/mol. The summed E-state index contributed by atoms with van der Waals surface area (Å²) in [7, 11) is 0. The molecule has 2 aromatic heterocycles. The smallest absolute Gasteiger partial charge is 0.109 e. The van der Waals surface area contributed by atoms with Crippen molar-refractivity contribution in [1.82, 2.24) is 9.97 Å². The first kappa shape index (κ1) is 15.9. The number of hydrogen-bond acceptors (Lipinski definition) is 4. The van der Waals surface area contributed by atoms with Crippen LogP contribution in [0.25, 0.3) is 10.8 Å². The normalized spacial score (nSPS) is 10.8. The molecule has 0 unspecified atom stereocenters. The van der Waals surface area contributed by atoms with Gasteiger partial charge in [0.25, 0.3) is 0 Å². The summed E-state index contributed by atoms with van der Waals surface area (Å²) < 4.78 is 0. The molecular formula is C20H14ClN3S. The van der Waals surface area contributed by atoms with Gasteiger partial charge in [-0.25, -0.2) is 4.98 Å². The highest BCUT2D eigenvalue weighted by Gasteiger charge is 2.09. The molecule has 1 N–H and O–H groups in total. The Balaban J connectivity index is 1.72. The summed E-state index contributed by atoms with van der Waals surface area (Å²) in [5, 5.41) is 7.36. The maximum absolute atomic E-state index is 5.96. The van der Waals surface area contributed by atoms with Crippen LogP contribution in [0, 0.1) is 0 Å². The molecule has 0 aliphatic rings. The Kier molecular flexibility index (Phi) is 4.55. The minimum absolute atomic E-state index is 0.720. The maximum Gasteiger partial charge on any atom is 0.109 e. The lowest BCUT2D eigenvalue weighted by molar-refractivity contribution is 1.17. The quantitative estimate of drug-likeness (QED) is 0.470. The molecule has 122 valence electrons. The second-order valence-corrected chi connectivity index (χ2v) is 6.94. The van der Waals surface area contributed by atoms with Crippen LogP contribution in [-0.2, 0) is 0 Å². The molecule has 4 aromatic rings. The summed E-state index contributed by atoms with van der Waals surface area (Å²) in [6, 6.07) is 19.9. The molecule has 0 fully saturated rings. The summed E-state index contributed by atoms with van der Waals surface area (Å²) in [6.07, 6.45) is 5.46. The number of rotatable bonds is 4. The number of pyridine rings is 2. The Hall–Kier alpha value is -2.56. The second-order valence-electron chi connectivity index (χ2n) is 5.44. The monoisotopic (exact) mass is 363 g/mol. The third-order valence-electron chi connectivity index (χ3n) is 3.75. The molecule has 0 atom stereocenters. The van der Waals surface area contributed by atoms with E-state index in [0.717, 1.165) is 37.1 Å². The highest BCUT2D eigenvalue weighted by atomic mass is 35.5. The van der Waals surface area contributed by atoms with Crippen molar-refractivity contribution in [2.45, 2.75) is 9.92 Å². The lowest BCUT2D eigenvalue weighted by atomic mass is 10.1. The van der Waals surface area contributed by atoms with Crippen molar-refractivity contribution in [3.8, 4) is 0 Å². The van der Waals surface area contributed by atoms with E-state index in [1.165, 1.54) is 0 Å².